The molecule has 0 atom stereocenters. The Bertz CT molecular complexity index is 1110. The average molecular weight is 432 g/mol. The van der Waals surface area contributed by atoms with Gasteiger partial charge in [0.1, 0.15) is 5.83 Å². The second kappa shape index (κ2) is 8.73. The van der Waals surface area contributed by atoms with Crippen LogP contribution >= 0.6 is 0 Å². The van der Waals surface area contributed by atoms with Crippen LogP contribution in [0.25, 0.3) is 11.3 Å². The van der Waals surface area contributed by atoms with E-state index >= 15 is 0 Å². The molecule has 3 aliphatic rings. The minimum Gasteiger partial charge on any atom is -0.481 e. The number of pyridine rings is 1. The molecule has 2 fully saturated rings. The quantitative estimate of drug-likeness (QED) is 0.466. The van der Waals surface area contributed by atoms with Crippen LogP contribution in [-0.2, 0) is 4.79 Å². The minimum absolute atomic E-state index is 0.0788. The number of carboxylic acids is 1. The van der Waals surface area contributed by atoms with Crippen molar-refractivity contribution in [2.24, 2.45) is 0 Å². The maximum absolute atomic E-state index is 14.3. The van der Waals surface area contributed by atoms with E-state index in [4.69, 9.17) is 14.8 Å². The number of aromatic nitrogens is 1. The molecule has 0 spiro atoms. The lowest BCUT2D eigenvalue weighted by Crippen LogP contribution is -2.00. The van der Waals surface area contributed by atoms with Crippen LogP contribution in [0.15, 0.2) is 71.8 Å². The summed E-state index contributed by atoms with van der Waals surface area (Å²) >= 11 is 0. The van der Waals surface area contributed by atoms with Crippen LogP contribution in [0.2, 0.25) is 0 Å². The van der Waals surface area contributed by atoms with Gasteiger partial charge in [-0.05, 0) is 72.3 Å². The van der Waals surface area contributed by atoms with Crippen LogP contribution in [0, 0.1) is 0 Å². The molecule has 2 aromatic rings. The summed E-state index contributed by atoms with van der Waals surface area (Å²) in [5, 5.41) is 8.79. The molecule has 5 rings (SSSR count). The van der Waals surface area contributed by atoms with Gasteiger partial charge in [-0.3, -0.25) is 4.79 Å². The lowest BCUT2D eigenvalue weighted by Gasteiger charge is -2.15. The summed E-state index contributed by atoms with van der Waals surface area (Å²) in [6, 6.07) is 12.5. The van der Waals surface area contributed by atoms with E-state index in [-0.39, 0.29) is 25.1 Å². The molecule has 1 aromatic heterocycles. The van der Waals surface area contributed by atoms with E-state index in [2.05, 4.69) is 18.2 Å². The highest BCUT2D eigenvalue weighted by atomic mass is 19.1. The summed E-state index contributed by atoms with van der Waals surface area (Å²) in [6.07, 6.45) is 10.1. The van der Waals surface area contributed by atoms with Crippen molar-refractivity contribution in [1.82, 2.24) is 4.98 Å². The number of hydrogen-bond donors (Lipinski definition) is 1. The number of nitrogens with zero attached hydrogens (tertiary/aromatic N) is 1. The average Bonchev–Trinajstić information content (AvgIpc) is 3.70. The highest BCUT2D eigenvalue weighted by Crippen LogP contribution is 2.50. The second-order valence-electron chi connectivity index (χ2n) is 8.87. The summed E-state index contributed by atoms with van der Waals surface area (Å²) in [6.45, 7) is 0. The largest absolute Gasteiger partial charge is 0.481 e. The Balaban J connectivity index is 1.35. The molecule has 0 saturated heterocycles. The first-order chi connectivity index (χ1) is 15.6. The SMILES string of the molecule is O=C(O)CCC1=C(F)CC(=COc2cccc(-c3c(C4CC4)cccc3C3CC3)n2)C=C1. The van der Waals surface area contributed by atoms with Gasteiger partial charge in [0.05, 0.1) is 12.0 Å². The Hall–Kier alpha value is -3.21. The van der Waals surface area contributed by atoms with Crippen molar-refractivity contribution in [1.29, 1.82) is 0 Å². The lowest BCUT2D eigenvalue weighted by atomic mass is 9.92. The summed E-state index contributed by atoms with van der Waals surface area (Å²) in [5.74, 6) is 0.515. The molecule has 5 heteroatoms. The van der Waals surface area contributed by atoms with Gasteiger partial charge in [0, 0.05) is 24.5 Å². The van der Waals surface area contributed by atoms with Crippen molar-refractivity contribution in [3.8, 4) is 17.1 Å². The van der Waals surface area contributed by atoms with E-state index in [0.29, 0.717) is 28.9 Å². The number of benzene rings is 1. The molecule has 3 aliphatic carbocycles. The van der Waals surface area contributed by atoms with E-state index in [1.165, 1.54) is 48.6 Å². The molecule has 1 aromatic carbocycles. The van der Waals surface area contributed by atoms with E-state index in [9.17, 15) is 9.18 Å². The summed E-state index contributed by atoms with van der Waals surface area (Å²) < 4.78 is 20.1. The van der Waals surface area contributed by atoms with Gasteiger partial charge in [0.2, 0.25) is 5.88 Å². The van der Waals surface area contributed by atoms with E-state index in [1.807, 2.05) is 18.2 Å². The molecular formula is C27H26FNO3. The van der Waals surface area contributed by atoms with Crippen molar-refractivity contribution < 1.29 is 19.0 Å². The fourth-order valence-corrected chi connectivity index (χ4v) is 4.30. The van der Waals surface area contributed by atoms with Gasteiger partial charge in [0.15, 0.2) is 0 Å². The number of carboxylic acid groups (broad SMARTS) is 1. The summed E-state index contributed by atoms with van der Waals surface area (Å²) in [5.41, 5.74) is 6.12. The zero-order valence-corrected chi connectivity index (χ0v) is 17.9. The number of hydrogen-bond acceptors (Lipinski definition) is 3. The van der Waals surface area contributed by atoms with E-state index in [1.54, 1.807) is 12.2 Å². The molecule has 32 heavy (non-hydrogen) atoms. The Morgan fingerprint density at radius 2 is 1.75 bits per heavy atom. The molecule has 0 unspecified atom stereocenters. The first-order valence-electron chi connectivity index (χ1n) is 11.3. The van der Waals surface area contributed by atoms with Gasteiger partial charge in [0.25, 0.3) is 0 Å². The number of halogens is 1. The summed E-state index contributed by atoms with van der Waals surface area (Å²) in [7, 11) is 0. The smallest absolute Gasteiger partial charge is 0.303 e. The van der Waals surface area contributed by atoms with E-state index in [0.717, 1.165) is 5.69 Å². The molecule has 1 heterocycles. The maximum Gasteiger partial charge on any atom is 0.303 e. The highest BCUT2D eigenvalue weighted by molar-refractivity contribution is 5.71. The van der Waals surface area contributed by atoms with Crippen LogP contribution in [0.4, 0.5) is 4.39 Å². The second-order valence-corrected chi connectivity index (χ2v) is 8.87. The van der Waals surface area contributed by atoms with Crippen LogP contribution in [0.1, 0.15) is 67.9 Å². The lowest BCUT2D eigenvalue weighted by molar-refractivity contribution is -0.136. The number of carbonyl (C=O) groups is 1. The van der Waals surface area contributed by atoms with E-state index < -0.39 is 5.97 Å². The number of aliphatic carboxylic acids is 1. The van der Waals surface area contributed by atoms with Gasteiger partial charge < -0.3 is 9.84 Å². The van der Waals surface area contributed by atoms with Gasteiger partial charge in [-0.1, -0.05) is 36.4 Å². The molecule has 0 amide bonds. The van der Waals surface area contributed by atoms with Crippen molar-refractivity contribution in [3.05, 3.63) is 82.9 Å². The third-order valence-electron chi connectivity index (χ3n) is 6.29. The molecule has 4 nitrogen and oxygen atoms in total. The third-order valence-corrected chi connectivity index (χ3v) is 6.29. The predicted molar refractivity (Wildman–Crippen MR) is 121 cm³/mol. The fourth-order valence-electron chi connectivity index (χ4n) is 4.30. The van der Waals surface area contributed by atoms with Crippen molar-refractivity contribution >= 4 is 5.97 Å². The zero-order valence-electron chi connectivity index (χ0n) is 17.9. The zero-order chi connectivity index (χ0) is 22.1. The van der Waals surface area contributed by atoms with Gasteiger partial charge in [-0.2, -0.15) is 0 Å². The molecule has 0 aliphatic heterocycles. The normalized spacial score (nSPS) is 19.5. The molecule has 0 radical (unpaired) electrons. The van der Waals surface area contributed by atoms with Crippen LogP contribution < -0.4 is 4.74 Å². The Kier molecular flexibility index (Phi) is 5.64. The fraction of sp³-hybridized carbons (Fsp3) is 0.333. The van der Waals surface area contributed by atoms with Gasteiger partial charge >= 0.3 is 5.97 Å². The Morgan fingerprint density at radius 3 is 2.38 bits per heavy atom. The van der Waals surface area contributed by atoms with Crippen LogP contribution in [0.5, 0.6) is 5.88 Å². The maximum atomic E-state index is 14.3. The number of allylic oxidation sites excluding steroid dienone is 5. The minimum atomic E-state index is -0.928. The van der Waals surface area contributed by atoms with Crippen LogP contribution in [0.3, 0.4) is 0 Å². The van der Waals surface area contributed by atoms with Crippen molar-refractivity contribution in [2.75, 3.05) is 0 Å². The standard InChI is InChI=1S/C27H26FNO3/c28-23-15-17(7-8-20(23)13-14-26(30)31)16-32-25-6-2-5-24(29-25)27-21(18-9-10-18)3-1-4-22(27)19-11-12-19/h1-8,16,18-19H,9-15H2,(H,30,31). The first-order valence-corrected chi connectivity index (χ1v) is 11.3. The Morgan fingerprint density at radius 1 is 1.06 bits per heavy atom. The van der Waals surface area contributed by atoms with Crippen LogP contribution in [-0.4, -0.2) is 16.1 Å². The monoisotopic (exact) mass is 431 g/mol. The highest BCUT2D eigenvalue weighted by Gasteiger charge is 2.32. The van der Waals surface area contributed by atoms with Crippen molar-refractivity contribution in [2.45, 2.75) is 56.8 Å². The van der Waals surface area contributed by atoms with Gasteiger partial charge in [-0.25, -0.2) is 9.37 Å². The molecule has 2 saturated carbocycles. The number of ether oxygens (including phenoxy) is 1. The van der Waals surface area contributed by atoms with Crippen molar-refractivity contribution in [3.63, 3.8) is 0 Å². The summed E-state index contributed by atoms with van der Waals surface area (Å²) in [4.78, 5) is 15.5. The Labute approximate surface area is 187 Å². The van der Waals surface area contributed by atoms with Gasteiger partial charge in [-0.15, -0.1) is 0 Å². The first kappa shape index (κ1) is 20.7. The predicted octanol–water partition coefficient (Wildman–Crippen LogP) is 6.81. The molecular weight excluding hydrogens is 405 g/mol. The third kappa shape index (κ3) is 4.67. The molecule has 164 valence electrons. The topological polar surface area (TPSA) is 59.4 Å². The molecule has 0 bridgehead atoms. The number of rotatable bonds is 8. The molecule has 1 N–H and O–H groups in total.